The molecule has 1 atom stereocenters. The molecule has 1 aliphatic rings. The van der Waals surface area contributed by atoms with E-state index in [1.807, 2.05) is 65.0 Å². The van der Waals surface area contributed by atoms with Gasteiger partial charge in [0, 0.05) is 18.2 Å². The number of benzene rings is 2. The number of aromatic nitrogens is 3. The first kappa shape index (κ1) is 20.0. The van der Waals surface area contributed by atoms with E-state index in [1.165, 1.54) is 0 Å². The van der Waals surface area contributed by atoms with Crippen LogP contribution in [0.25, 0.3) is 5.69 Å². The van der Waals surface area contributed by atoms with Gasteiger partial charge in [-0.2, -0.15) is 5.10 Å². The molecule has 1 aliphatic heterocycles. The lowest BCUT2D eigenvalue weighted by molar-refractivity contribution is 0.196. The van der Waals surface area contributed by atoms with Gasteiger partial charge in [-0.25, -0.2) is 13.1 Å². The second-order valence-electron chi connectivity index (χ2n) is 7.49. The van der Waals surface area contributed by atoms with Gasteiger partial charge < -0.3 is 0 Å². The Bertz CT molecular complexity index is 1140. The van der Waals surface area contributed by atoms with E-state index in [1.54, 1.807) is 4.68 Å². The third-order valence-electron chi connectivity index (χ3n) is 5.31. The number of hydrogen-bond acceptors (Lipinski definition) is 5. The first-order chi connectivity index (χ1) is 13.9. The summed E-state index contributed by atoms with van der Waals surface area (Å²) in [5.74, 6) is 1.32. The Balaban J connectivity index is 1.67. The van der Waals surface area contributed by atoms with Crippen molar-refractivity contribution in [2.75, 3.05) is 18.6 Å². The second-order valence-corrected chi connectivity index (χ2v) is 10.1. The van der Waals surface area contributed by atoms with Gasteiger partial charge in [-0.15, -0.1) is 0 Å². The highest BCUT2D eigenvalue weighted by molar-refractivity contribution is 7.91. The quantitative estimate of drug-likeness (QED) is 0.565. The highest BCUT2D eigenvalue weighted by Crippen LogP contribution is 2.19. The smallest absolute Gasteiger partial charge is 0.203 e. The summed E-state index contributed by atoms with van der Waals surface area (Å²) >= 11 is 5.77. The average molecular weight is 429 g/mol. The monoisotopic (exact) mass is 428 g/mol. The number of sulfone groups is 1. The van der Waals surface area contributed by atoms with Crippen LogP contribution in [0.2, 0.25) is 0 Å². The van der Waals surface area contributed by atoms with Crippen LogP contribution in [-0.4, -0.2) is 52.3 Å². The molecule has 1 aromatic heterocycles. The summed E-state index contributed by atoms with van der Waals surface area (Å²) in [4.78, 5) is 2.04. The lowest BCUT2D eigenvalue weighted by Crippen LogP contribution is -2.34. The van der Waals surface area contributed by atoms with Crippen molar-refractivity contribution in [3.05, 3.63) is 76.8 Å². The molecule has 8 heteroatoms. The minimum atomic E-state index is -2.93. The number of nitrogens with zero attached hydrogens (tertiary/aromatic N) is 4. The number of hydrogen-bond donors (Lipinski definition) is 0. The van der Waals surface area contributed by atoms with E-state index in [4.69, 9.17) is 17.3 Å². The van der Waals surface area contributed by atoms with Gasteiger partial charge in [0.05, 0.1) is 18.2 Å². The Hall–Kier alpha value is -2.29. The molecule has 29 heavy (non-hydrogen) atoms. The van der Waals surface area contributed by atoms with Crippen LogP contribution in [-0.2, 0) is 22.9 Å². The van der Waals surface area contributed by atoms with E-state index in [9.17, 15) is 8.42 Å². The summed E-state index contributed by atoms with van der Waals surface area (Å²) in [5, 5.41) is 4.81. The van der Waals surface area contributed by atoms with Crippen molar-refractivity contribution >= 4 is 22.1 Å². The highest BCUT2D eigenvalue weighted by atomic mass is 32.2. The van der Waals surface area contributed by atoms with Crippen molar-refractivity contribution in [2.45, 2.75) is 25.6 Å². The van der Waals surface area contributed by atoms with Gasteiger partial charge in [0.2, 0.25) is 4.77 Å². The molecular weight excluding hydrogens is 404 g/mol. The maximum Gasteiger partial charge on any atom is 0.203 e. The minimum Gasteiger partial charge on any atom is -0.283 e. The van der Waals surface area contributed by atoms with Crippen LogP contribution >= 0.6 is 12.2 Å². The molecule has 2 heterocycles. The lowest BCUT2D eigenvalue weighted by atomic mass is 10.1. The van der Waals surface area contributed by atoms with Crippen molar-refractivity contribution in [3.8, 4) is 5.69 Å². The fourth-order valence-corrected chi connectivity index (χ4v) is 5.84. The van der Waals surface area contributed by atoms with E-state index >= 15 is 0 Å². The van der Waals surface area contributed by atoms with Gasteiger partial charge in [0.25, 0.3) is 0 Å². The molecule has 0 spiro atoms. The topological polar surface area (TPSA) is 60.1 Å². The van der Waals surface area contributed by atoms with Crippen LogP contribution in [0.1, 0.15) is 17.8 Å². The fraction of sp³-hybridized carbons (Fsp3) is 0.333. The Morgan fingerprint density at radius 3 is 2.38 bits per heavy atom. The Morgan fingerprint density at radius 1 is 1.10 bits per heavy atom. The first-order valence-electron chi connectivity index (χ1n) is 9.62. The summed E-state index contributed by atoms with van der Waals surface area (Å²) < 4.78 is 28.1. The van der Waals surface area contributed by atoms with E-state index in [0.717, 1.165) is 17.1 Å². The zero-order valence-corrected chi connectivity index (χ0v) is 17.9. The van der Waals surface area contributed by atoms with Crippen molar-refractivity contribution in [1.82, 2.24) is 19.2 Å². The molecule has 6 nitrogen and oxygen atoms in total. The SMILES string of the molecule is CN(Cn1nc(Cc2ccccc2)n(-c2ccccc2)c1=S)C1CCS(=O)(=O)C1. The summed E-state index contributed by atoms with van der Waals surface area (Å²) in [6, 6.07) is 20.2. The minimum absolute atomic E-state index is 0.00125. The molecule has 4 rings (SSSR count). The van der Waals surface area contributed by atoms with Crippen molar-refractivity contribution < 1.29 is 8.42 Å². The van der Waals surface area contributed by atoms with Gasteiger partial charge in [-0.05, 0) is 43.4 Å². The van der Waals surface area contributed by atoms with Crippen molar-refractivity contribution in [3.63, 3.8) is 0 Å². The predicted molar refractivity (Wildman–Crippen MR) is 116 cm³/mol. The summed E-state index contributed by atoms with van der Waals surface area (Å²) in [6.45, 7) is 0.459. The Morgan fingerprint density at radius 2 is 1.76 bits per heavy atom. The van der Waals surface area contributed by atoms with E-state index in [-0.39, 0.29) is 17.5 Å². The van der Waals surface area contributed by atoms with Crippen LogP contribution < -0.4 is 0 Å². The molecule has 1 fully saturated rings. The molecule has 152 valence electrons. The molecule has 0 bridgehead atoms. The lowest BCUT2D eigenvalue weighted by Gasteiger charge is -2.22. The standard InChI is InChI=1S/C21H24N4O2S2/c1-23(19-12-13-29(26,27)15-19)16-24-21(28)25(18-10-6-3-7-11-18)20(22-24)14-17-8-4-2-5-9-17/h2-11,19H,12-16H2,1H3. The molecule has 2 aromatic carbocycles. The predicted octanol–water partition coefficient (Wildman–Crippen LogP) is 3.07. The summed E-state index contributed by atoms with van der Waals surface area (Å²) in [6.07, 6.45) is 1.32. The molecule has 1 unspecified atom stereocenters. The second kappa shape index (κ2) is 8.22. The van der Waals surface area contributed by atoms with Gasteiger partial charge >= 0.3 is 0 Å². The van der Waals surface area contributed by atoms with Crippen LogP contribution in [0.3, 0.4) is 0 Å². The van der Waals surface area contributed by atoms with Crippen LogP contribution in [0.5, 0.6) is 0 Å². The van der Waals surface area contributed by atoms with Crippen molar-refractivity contribution in [2.24, 2.45) is 0 Å². The molecule has 0 aliphatic carbocycles. The van der Waals surface area contributed by atoms with Gasteiger partial charge in [0.1, 0.15) is 5.82 Å². The fourth-order valence-electron chi connectivity index (χ4n) is 3.72. The van der Waals surface area contributed by atoms with E-state index < -0.39 is 9.84 Å². The third-order valence-corrected chi connectivity index (χ3v) is 7.46. The summed E-state index contributed by atoms with van der Waals surface area (Å²) in [5.41, 5.74) is 2.13. The molecule has 3 aromatic rings. The zero-order valence-electron chi connectivity index (χ0n) is 16.3. The summed E-state index contributed by atoms with van der Waals surface area (Å²) in [7, 11) is -0.996. The van der Waals surface area contributed by atoms with Crippen molar-refractivity contribution in [1.29, 1.82) is 0 Å². The molecule has 0 radical (unpaired) electrons. The molecule has 0 amide bonds. The third kappa shape index (κ3) is 4.49. The highest BCUT2D eigenvalue weighted by Gasteiger charge is 2.31. The van der Waals surface area contributed by atoms with Gasteiger partial charge in [-0.3, -0.25) is 9.47 Å². The average Bonchev–Trinajstić information content (AvgIpc) is 3.22. The largest absolute Gasteiger partial charge is 0.283 e. The molecular formula is C21H24N4O2S2. The number of rotatable bonds is 6. The van der Waals surface area contributed by atoms with Crippen LogP contribution in [0.4, 0.5) is 0 Å². The van der Waals surface area contributed by atoms with Gasteiger partial charge in [-0.1, -0.05) is 48.5 Å². The van der Waals surface area contributed by atoms with Crippen LogP contribution in [0.15, 0.2) is 60.7 Å². The molecule has 0 N–H and O–H groups in total. The number of para-hydroxylation sites is 1. The first-order valence-corrected chi connectivity index (χ1v) is 11.8. The molecule has 0 saturated carbocycles. The maximum absolute atomic E-state index is 11.8. The Labute approximate surface area is 176 Å². The maximum atomic E-state index is 11.8. The zero-order chi connectivity index (χ0) is 20.4. The van der Waals surface area contributed by atoms with E-state index in [2.05, 4.69) is 12.1 Å². The van der Waals surface area contributed by atoms with Crippen LogP contribution in [0, 0.1) is 4.77 Å². The van der Waals surface area contributed by atoms with E-state index in [0.29, 0.717) is 24.3 Å². The van der Waals surface area contributed by atoms with Gasteiger partial charge in [0.15, 0.2) is 9.84 Å². The Kier molecular flexibility index (Phi) is 5.67. The molecule has 1 saturated heterocycles. The normalized spacial score (nSPS) is 18.3.